The van der Waals surface area contributed by atoms with Crippen molar-refractivity contribution in [3.05, 3.63) is 65.7 Å². The molecule has 0 saturated heterocycles. The maximum atomic E-state index is 12.4. The van der Waals surface area contributed by atoms with E-state index >= 15 is 0 Å². The number of halogens is 1. The number of aryl methyl sites for hydroxylation is 1. The number of unbranched alkanes of at least 4 members (excludes halogenated alkanes) is 1. The van der Waals surface area contributed by atoms with E-state index in [1.807, 2.05) is 30.3 Å². The maximum Gasteiger partial charge on any atom is 0.174 e. The molecule has 3 nitrogen and oxygen atoms in total. The monoisotopic (exact) mass is 345 g/mol. The van der Waals surface area contributed by atoms with E-state index in [9.17, 15) is 4.79 Å². The lowest BCUT2D eigenvalue weighted by atomic mass is 9.95. The number of carbonyl (C=O) groups excluding carboxylic acids is 1. The average molecular weight is 346 g/mol. The molecule has 1 N–H and O–H groups in total. The first-order valence-electron chi connectivity index (χ1n) is 8.35. The molecule has 1 heterocycles. The largest absolute Gasteiger partial charge is 0.492 e. The van der Waals surface area contributed by atoms with Gasteiger partial charge in [-0.3, -0.25) is 4.79 Å². The highest BCUT2D eigenvalue weighted by atomic mass is 35.5. The molecule has 1 unspecified atom stereocenters. The van der Waals surface area contributed by atoms with Crippen LogP contribution in [-0.4, -0.2) is 25.5 Å². The fraction of sp³-hybridized carbons (Fsp3) is 0.350. The van der Waals surface area contributed by atoms with Crippen LogP contribution < -0.4 is 10.1 Å². The van der Waals surface area contributed by atoms with Crippen LogP contribution in [0.15, 0.2) is 54.6 Å². The number of para-hydroxylation sites is 1. The van der Waals surface area contributed by atoms with Crippen LogP contribution in [0, 0.1) is 5.92 Å². The zero-order valence-corrected chi connectivity index (χ0v) is 14.6. The summed E-state index contributed by atoms with van der Waals surface area (Å²) in [5.41, 5.74) is 2.11. The molecule has 0 amide bonds. The molecular weight excluding hydrogens is 322 g/mol. The zero-order valence-electron chi connectivity index (χ0n) is 13.7. The summed E-state index contributed by atoms with van der Waals surface area (Å²) in [6.45, 7) is 2.11. The summed E-state index contributed by atoms with van der Waals surface area (Å²) in [4.78, 5) is 12.4. The number of rotatable bonds is 7. The first-order valence-corrected chi connectivity index (χ1v) is 8.35. The van der Waals surface area contributed by atoms with Crippen LogP contribution in [0.3, 0.4) is 0 Å². The summed E-state index contributed by atoms with van der Waals surface area (Å²) in [6, 6.07) is 18.1. The van der Waals surface area contributed by atoms with Gasteiger partial charge in [-0.25, -0.2) is 0 Å². The van der Waals surface area contributed by atoms with E-state index < -0.39 is 0 Å². The molecular formula is C20H24ClNO2. The molecule has 0 aliphatic carbocycles. The quantitative estimate of drug-likeness (QED) is 0.773. The maximum absolute atomic E-state index is 12.4. The van der Waals surface area contributed by atoms with E-state index in [2.05, 4.69) is 29.6 Å². The number of hydrogen-bond acceptors (Lipinski definition) is 3. The molecule has 4 heteroatoms. The number of ketones is 1. The Morgan fingerprint density at radius 2 is 1.75 bits per heavy atom. The smallest absolute Gasteiger partial charge is 0.174 e. The van der Waals surface area contributed by atoms with E-state index in [0.29, 0.717) is 13.2 Å². The third-order valence-corrected chi connectivity index (χ3v) is 4.27. The van der Waals surface area contributed by atoms with Crippen molar-refractivity contribution >= 4 is 18.2 Å². The topological polar surface area (TPSA) is 38.3 Å². The Morgan fingerprint density at radius 1 is 1.00 bits per heavy atom. The molecule has 0 bridgehead atoms. The van der Waals surface area contributed by atoms with Gasteiger partial charge in [0, 0.05) is 6.54 Å². The zero-order chi connectivity index (χ0) is 15.9. The summed E-state index contributed by atoms with van der Waals surface area (Å²) < 4.78 is 5.68. The van der Waals surface area contributed by atoms with Gasteiger partial charge in [0.2, 0.25) is 0 Å². The van der Waals surface area contributed by atoms with Gasteiger partial charge >= 0.3 is 0 Å². The minimum Gasteiger partial charge on any atom is -0.492 e. The Bertz CT molecular complexity index is 645. The number of carbonyl (C=O) groups is 1. The third kappa shape index (κ3) is 4.83. The number of fused-ring (bicyclic) bond motifs is 1. The van der Waals surface area contributed by atoms with Crippen LogP contribution in [-0.2, 0) is 6.42 Å². The van der Waals surface area contributed by atoms with Crippen molar-refractivity contribution in [3.63, 3.8) is 0 Å². The lowest BCUT2D eigenvalue weighted by molar-refractivity contribution is 0.0830. The molecule has 0 spiro atoms. The Hall–Kier alpha value is -1.84. The van der Waals surface area contributed by atoms with Crippen molar-refractivity contribution in [1.29, 1.82) is 0 Å². The van der Waals surface area contributed by atoms with Gasteiger partial charge in [-0.1, -0.05) is 42.5 Å². The minimum absolute atomic E-state index is 0. The van der Waals surface area contributed by atoms with E-state index in [-0.39, 0.29) is 24.1 Å². The van der Waals surface area contributed by atoms with Crippen LogP contribution in [0.25, 0.3) is 0 Å². The molecule has 0 aromatic heterocycles. The van der Waals surface area contributed by atoms with Gasteiger partial charge in [-0.2, -0.15) is 0 Å². The molecule has 0 saturated carbocycles. The summed E-state index contributed by atoms with van der Waals surface area (Å²) in [6.07, 6.45) is 3.39. The number of hydrogen-bond donors (Lipinski definition) is 1. The van der Waals surface area contributed by atoms with Crippen molar-refractivity contribution in [2.24, 2.45) is 5.92 Å². The summed E-state index contributed by atoms with van der Waals surface area (Å²) >= 11 is 0. The highest BCUT2D eigenvalue weighted by Crippen LogP contribution is 2.26. The molecule has 1 aliphatic rings. The normalized spacial score (nSPS) is 16.0. The van der Waals surface area contributed by atoms with Crippen molar-refractivity contribution in [3.8, 4) is 5.75 Å². The predicted molar refractivity (Wildman–Crippen MR) is 99.3 cm³/mol. The standard InChI is InChI=1S/C20H23NO2.ClH/c22-20-17(15-23-19-12-5-4-11-18(19)20)14-21-13-7-6-10-16-8-2-1-3-9-16;/h1-5,8-9,11-12,17,21H,6-7,10,13-15H2;1H. The second-order valence-electron chi connectivity index (χ2n) is 6.02. The first-order chi connectivity index (χ1) is 11.3. The van der Waals surface area contributed by atoms with Crippen molar-refractivity contribution in [2.75, 3.05) is 19.7 Å². The van der Waals surface area contributed by atoms with Crippen LogP contribution in [0.5, 0.6) is 5.75 Å². The van der Waals surface area contributed by atoms with Gasteiger partial charge in [-0.15, -0.1) is 12.4 Å². The second-order valence-corrected chi connectivity index (χ2v) is 6.02. The van der Waals surface area contributed by atoms with E-state index in [1.165, 1.54) is 5.56 Å². The van der Waals surface area contributed by atoms with Crippen molar-refractivity contribution in [2.45, 2.75) is 19.3 Å². The summed E-state index contributed by atoms with van der Waals surface area (Å²) in [5, 5.41) is 3.40. The number of Topliss-reactive ketones (excluding diaryl/α,β-unsaturated/α-hetero) is 1. The van der Waals surface area contributed by atoms with Gasteiger partial charge in [0.25, 0.3) is 0 Å². The van der Waals surface area contributed by atoms with Crippen LogP contribution in [0.4, 0.5) is 0 Å². The Balaban J connectivity index is 0.00000208. The second kappa shape index (κ2) is 9.45. The molecule has 2 aromatic rings. The number of ether oxygens (including phenoxy) is 1. The Labute approximate surface area is 149 Å². The fourth-order valence-electron chi connectivity index (χ4n) is 2.93. The van der Waals surface area contributed by atoms with E-state index in [0.717, 1.165) is 37.1 Å². The average Bonchev–Trinajstić information content (AvgIpc) is 2.61. The number of benzene rings is 2. The minimum atomic E-state index is -0.0703. The lowest BCUT2D eigenvalue weighted by Crippen LogP contribution is -2.36. The highest BCUT2D eigenvalue weighted by Gasteiger charge is 2.27. The van der Waals surface area contributed by atoms with Crippen molar-refractivity contribution < 1.29 is 9.53 Å². The summed E-state index contributed by atoms with van der Waals surface area (Å²) in [7, 11) is 0. The molecule has 3 rings (SSSR count). The molecule has 24 heavy (non-hydrogen) atoms. The molecule has 0 radical (unpaired) electrons. The number of nitrogens with one attached hydrogen (secondary N) is 1. The molecule has 128 valence electrons. The lowest BCUT2D eigenvalue weighted by Gasteiger charge is -2.24. The van der Waals surface area contributed by atoms with Gasteiger partial charge in [0.1, 0.15) is 5.75 Å². The van der Waals surface area contributed by atoms with Crippen LogP contribution in [0.1, 0.15) is 28.8 Å². The summed E-state index contributed by atoms with van der Waals surface area (Å²) in [5.74, 6) is 0.847. The highest BCUT2D eigenvalue weighted by molar-refractivity contribution is 6.01. The van der Waals surface area contributed by atoms with Crippen LogP contribution in [0.2, 0.25) is 0 Å². The van der Waals surface area contributed by atoms with Gasteiger partial charge in [0.15, 0.2) is 5.78 Å². The van der Waals surface area contributed by atoms with E-state index in [4.69, 9.17) is 4.74 Å². The Morgan fingerprint density at radius 3 is 2.58 bits per heavy atom. The van der Waals surface area contributed by atoms with Crippen LogP contribution >= 0.6 is 12.4 Å². The van der Waals surface area contributed by atoms with E-state index in [1.54, 1.807) is 0 Å². The Kier molecular flexibility index (Phi) is 7.29. The fourth-order valence-corrected chi connectivity index (χ4v) is 2.93. The van der Waals surface area contributed by atoms with Gasteiger partial charge in [0.05, 0.1) is 18.1 Å². The molecule has 2 aromatic carbocycles. The molecule has 1 atom stereocenters. The molecule has 0 fully saturated rings. The first kappa shape index (κ1) is 18.5. The van der Waals surface area contributed by atoms with Crippen molar-refractivity contribution in [1.82, 2.24) is 5.32 Å². The van der Waals surface area contributed by atoms with Gasteiger partial charge < -0.3 is 10.1 Å². The predicted octanol–water partition coefficient (Wildman–Crippen LogP) is 3.91. The molecule has 1 aliphatic heterocycles. The third-order valence-electron chi connectivity index (χ3n) is 4.27. The van der Waals surface area contributed by atoms with Gasteiger partial charge in [-0.05, 0) is 43.5 Å². The SMILES string of the molecule is Cl.O=C1c2ccccc2OCC1CNCCCCc1ccccc1.